The van der Waals surface area contributed by atoms with E-state index in [0.717, 1.165) is 29.7 Å². The molecule has 0 saturated carbocycles. The molecule has 138 valence electrons. The van der Waals surface area contributed by atoms with Gasteiger partial charge in [-0.1, -0.05) is 29.8 Å². The first-order valence-corrected chi connectivity index (χ1v) is 9.21. The Balaban J connectivity index is 1.59. The highest BCUT2D eigenvalue weighted by Gasteiger charge is 2.29. The third kappa shape index (κ3) is 3.43. The number of benzene rings is 1. The monoisotopic (exact) mass is 362 g/mol. The van der Waals surface area contributed by atoms with E-state index in [-0.39, 0.29) is 22.9 Å². The molecule has 1 saturated heterocycles. The minimum atomic E-state index is -0.341. The van der Waals surface area contributed by atoms with E-state index in [0.29, 0.717) is 13.1 Å². The zero-order chi connectivity index (χ0) is 18.8. The lowest BCUT2D eigenvalue weighted by Gasteiger charge is -2.32. The zero-order valence-electron chi connectivity index (χ0n) is 15.2. The Labute approximate surface area is 157 Å². The standard InChI is InChI=1S/C21H22N4O2/c1-14-6-8-15(9-7-14)18-12-23-24-19(18)16-4-3-11-25(13-16)21(27)17-5-2-10-22-20(17)26/h2,5-10,12,16H,3-4,11,13H2,1H3,(H,22,26)(H,23,24). The van der Waals surface area contributed by atoms with Crippen LogP contribution in [0.4, 0.5) is 0 Å². The van der Waals surface area contributed by atoms with Gasteiger partial charge in [-0.15, -0.1) is 0 Å². The maximum Gasteiger partial charge on any atom is 0.260 e. The summed E-state index contributed by atoms with van der Waals surface area (Å²) in [5.41, 5.74) is 4.32. The molecule has 1 aliphatic heterocycles. The largest absolute Gasteiger partial charge is 0.338 e. The number of hydrogen-bond donors (Lipinski definition) is 2. The number of pyridine rings is 1. The molecule has 3 heterocycles. The second-order valence-electron chi connectivity index (χ2n) is 7.07. The average molecular weight is 362 g/mol. The molecule has 0 bridgehead atoms. The SMILES string of the molecule is Cc1ccc(-c2cn[nH]c2C2CCCN(C(=O)c3ccc[nH]c3=O)C2)cc1. The summed E-state index contributed by atoms with van der Waals surface area (Å²) >= 11 is 0. The van der Waals surface area contributed by atoms with Gasteiger partial charge < -0.3 is 9.88 Å². The highest BCUT2D eigenvalue weighted by molar-refractivity contribution is 5.93. The molecule has 1 aliphatic rings. The fraction of sp³-hybridized carbons (Fsp3) is 0.286. The van der Waals surface area contributed by atoms with Crippen molar-refractivity contribution >= 4 is 5.91 Å². The summed E-state index contributed by atoms with van der Waals surface area (Å²) in [7, 11) is 0. The minimum Gasteiger partial charge on any atom is -0.338 e. The number of aryl methyl sites for hydroxylation is 1. The molecule has 1 amide bonds. The number of nitrogens with one attached hydrogen (secondary N) is 2. The maximum atomic E-state index is 12.8. The first-order valence-electron chi connectivity index (χ1n) is 9.21. The van der Waals surface area contributed by atoms with E-state index in [1.165, 1.54) is 11.8 Å². The van der Waals surface area contributed by atoms with Crippen molar-refractivity contribution in [3.63, 3.8) is 0 Å². The molecule has 3 aromatic rings. The van der Waals surface area contributed by atoms with Gasteiger partial charge in [-0.2, -0.15) is 5.10 Å². The summed E-state index contributed by atoms with van der Waals surface area (Å²) in [6, 6.07) is 11.6. The molecule has 2 N–H and O–H groups in total. The van der Waals surface area contributed by atoms with Crippen molar-refractivity contribution in [1.29, 1.82) is 0 Å². The fourth-order valence-corrected chi connectivity index (χ4v) is 3.73. The van der Waals surface area contributed by atoms with Crippen LogP contribution in [-0.4, -0.2) is 39.1 Å². The first kappa shape index (κ1) is 17.3. The van der Waals surface area contributed by atoms with E-state index in [9.17, 15) is 9.59 Å². The normalized spacial score (nSPS) is 17.1. The van der Waals surface area contributed by atoms with E-state index >= 15 is 0 Å². The molecule has 6 heteroatoms. The first-order chi connectivity index (χ1) is 13.1. The van der Waals surface area contributed by atoms with Crippen LogP contribution in [0, 0.1) is 6.92 Å². The number of carbonyl (C=O) groups excluding carboxylic acids is 1. The van der Waals surface area contributed by atoms with Crippen molar-refractivity contribution in [1.82, 2.24) is 20.1 Å². The fourth-order valence-electron chi connectivity index (χ4n) is 3.73. The van der Waals surface area contributed by atoms with E-state index < -0.39 is 0 Å². The van der Waals surface area contributed by atoms with Crippen molar-refractivity contribution in [3.8, 4) is 11.1 Å². The van der Waals surface area contributed by atoms with Gasteiger partial charge >= 0.3 is 0 Å². The molecule has 4 rings (SSSR count). The molecule has 27 heavy (non-hydrogen) atoms. The van der Waals surface area contributed by atoms with Gasteiger partial charge in [0.15, 0.2) is 0 Å². The van der Waals surface area contributed by atoms with Crippen molar-refractivity contribution in [2.75, 3.05) is 13.1 Å². The average Bonchev–Trinajstić information content (AvgIpc) is 3.18. The Morgan fingerprint density at radius 1 is 1.22 bits per heavy atom. The van der Waals surface area contributed by atoms with Crippen LogP contribution in [0.25, 0.3) is 11.1 Å². The van der Waals surface area contributed by atoms with Crippen LogP contribution >= 0.6 is 0 Å². The Morgan fingerprint density at radius 2 is 2.04 bits per heavy atom. The summed E-state index contributed by atoms with van der Waals surface area (Å²) in [5, 5.41) is 7.40. The number of likely N-dealkylation sites (tertiary alicyclic amines) is 1. The van der Waals surface area contributed by atoms with Crippen LogP contribution in [0.2, 0.25) is 0 Å². The summed E-state index contributed by atoms with van der Waals surface area (Å²) in [6.07, 6.45) is 5.27. The van der Waals surface area contributed by atoms with Gasteiger partial charge in [0.05, 0.1) is 6.20 Å². The van der Waals surface area contributed by atoms with E-state index in [1.54, 1.807) is 17.0 Å². The van der Waals surface area contributed by atoms with Crippen LogP contribution < -0.4 is 5.56 Å². The number of carbonyl (C=O) groups is 1. The van der Waals surface area contributed by atoms with Crippen molar-refractivity contribution in [2.24, 2.45) is 0 Å². The molecule has 1 atom stereocenters. The van der Waals surface area contributed by atoms with E-state index in [4.69, 9.17) is 0 Å². The second-order valence-corrected chi connectivity index (χ2v) is 7.07. The third-order valence-corrected chi connectivity index (χ3v) is 5.20. The van der Waals surface area contributed by atoms with Gasteiger partial charge in [-0.3, -0.25) is 14.7 Å². The molecule has 0 aliphatic carbocycles. The molecule has 0 spiro atoms. The lowest BCUT2D eigenvalue weighted by molar-refractivity contribution is 0.0704. The number of rotatable bonds is 3. The molecule has 1 unspecified atom stereocenters. The Kier molecular flexibility index (Phi) is 4.62. The Bertz CT molecular complexity index is 1000. The highest BCUT2D eigenvalue weighted by Crippen LogP contribution is 2.33. The number of piperidine rings is 1. The summed E-state index contributed by atoms with van der Waals surface area (Å²) in [5.74, 6) is -0.0396. The second kappa shape index (κ2) is 7.23. The summed E-state index contributed by atoms with van der Waals surface area (Å²) in [6.45, 7) is 3.31. The van der Waals surface area contributed by atoms with Crippen molar-refractivity contribution in [3.05, 3.63) is 76.0 Å². The molecule has 6 nitrogen and oxygen atoms in total. The van der Waals surface area contributed by atoms with Crippen LogP contribution in [0.3, 0.4) is 0 Å². The number of aromatic amines is 2. The molecule has 1 aromatic carbocycles. The van der Waals surface area contributed by atoms with Gasteiger partial charge in [0, 0.05) is 36.5 Å². The predicted octanol–water partition coefficient (Wildman–Crippen LogP) is 3.09. The lowest BCUT2D eigenvalue weighted by Crippen LogP contribution is -2.41. The van der Waals surface area contributed by atoms with Gasteiger partial charge in [0.1, 0.15) is 5.56 Å². The molecule has 2 aromatic heterocycles. The van der Waals surface area contributed by atoms with Crippen molar-refractivity contribution in [2.45, 2.75) is 25.7 Å². The third-order valence-electron chi connectivity index (χ3n) is 5.20. The lowest BCUT2D eigenvalue weighted by atomic mass is 9.90. The number of amides is 1. The molecular weight excluding hydrogens is 340 g/mol. The van der Waals surface area contributed by atoms with Crippen molar-refractivity contribution < 1.29 is 4.79 Å². The summed E-state index contributed by atoms with van der Waals surface area (Å²) in [4.78, 5) is 29.1. The van der Waals surface area contributed by atoms with Gasteiger partial charge in [-0.05, 0) is 37.5 Å². The maximum absolute atomic E-state index is 12.8. The van der Waals surface area contributed by atoms with Gasteiger partial charge in [0.2, 0.25) is 0 Å². The Hall–Kier alpha value is -3.15. The van der Waals surface area contributed by atoms with E-state index in [1.807, 2.05) is 6.20 Å². The van der Waals surface area contributed by atoms with Crippen LogP contribution in [0.15, 0.2) is 53.6 Å². The predicted molar refractivity (Wildman–Crippen MR) is 104 cm³/mol. The van der Waals surface area contributed by atoms with E-state index in [2.05, 4.69) is 46.4 Å². The Morgan fingerprint density at radius 3 is 2.81 bits per heavy atom. The van der Waals surface area contributed by atoms with Crippen LogP contribution in [0.5, 0.6) is 0 Å². The quantitative estimate of drug-likeness (QED) is 0.751. The van der Waals surface area contributed by atoms with Crippen LogP contribution in [0.1, 0.15) is 40.4 Å². The summed E-state index contributed by atoms with van der Waals surface area (Å²) < 4.78 is 0. The minimum absolute atomic E-state index is 0.171. The van der Waals surface area contributed by atoms with Gasteiger partial charge in [-0.25, -0.2) is 0 Å². The smallest absolute Gasteiger partial charge is 0.260 e. The number of aromatic nitrogens is 3. The van der Waals surface area contributed by atoms with Gasteiger partial charge in [0.25, 0.3) is 11.5 Å². The topological polar surface area (TPSA) is 81.8 Å². The number of H-pyrrole nitrogens is 2. The number of hydrogen-bond acceptors (Lipinski definition) is 3. The number of nitrogens with zero attached hydrogens (tertiary/aromatic N) is 2. The molecular formula is C21H22N4O2. The molecule has 1 fully saturated rings. The zero-order valence-corrected chi connectivity index (χ0v) is 15.2. The molecule has 0 radical (unpaired) electrons. The van der Waals surface area contributed by atoms with Crippen LogP contribution in [-0.2, 0) is 0 Å². The highest BCUT2D eigenvalue weighted by atomic mass is 16.2.